The molecule has 0 saturated carbocycles. The van der Waals surface area contributed by atoms with Gasteiger partial charge in [-0.2, -0.15) is 13.2 Å². The molecule has 0 aliphatic rings. The van der Waals surface area contributed by atoms with E-state index < -0.39 is 17.7 Å². The van der Waals surface area contributed by atoms with E-state index in [0.717, 1.165) is 18.2 Å². The second-order valence-corrected chi connectivity index (χ2v) is 5.15. The number of hydrazine groups is 1. The zero-order valence-corrected chi connectivity index (χ0v) is 14.5. The van der Waals surface area contributed by atoms with Gasteiger partial charge in [-0.15, -0.1) is 0 Å². The summed E-state index contributed by atoms with van der Waals surface area (Å²) >= 11 is 5.87. The molecule has 0 fully saturated rings. The van der Waals surface area contributed by atoms with Gasteiger partial charge >= 0.3 is 12.1 Å². The number of aliphatic imine (C=N–C) groups is 1. The topological polar surface area (TPSA) is 72.0 Å². The fraction of sp³-hybridized carbons (Fsp3) is 0.467. The Kier molecular flexibility index (Phi) is 8.50. The third-order valence-corrected chi connectivity index (χ3v) is 3.18. The second kappa shape index (κ2) is 10.1. The van der Waals surface area contributed by atoms with Crippen LogP contribution in [0.25, 0.3) is 0 Å². The number of hydrogen-bond acceptors (Lipinski definition) is 5. The van der Waals surface area contributed by atoms with Gasteiger partial charge in [0.25, 0.3) is 0 Å². The van der Waals surface area contributed by atoms with Crippen LogP contribution in [0.2, 0.25) is 5.02 Å². The monoisotopic (exact) mass is 381 g/mol. The molecule has 0 heterocycles. The van der Waals surface area contributed by atoms with Gasteiger partial charge in [0, 0.05) is 20.3 Å². The van der Waals surface area contributed by atoms with Crippen LogP contribution < -0.4 is 10.9 Å². The third-order valence-electron chi connectivity index (χ3n) is 2.85. The van der Waals surface area contributed by atoms with Gasteiger partial charge in [0.1, 0.15) is 0 Å². The van der Waals surface area contributed by atoms with Crippen LogP contribution in [0.3, 0.4) is 0 Å². The molecule has 1 aromatic carbocycles. The Morgan fingerprint density at radius 2 is 2.08 bits per heavy atom. The molecule has 0 aromatic heterocycles. The molecule has 0 unspecified atom stereocenters. The molecule has 0 saturated heterocycles. The number of ether oxygens (including phenoxy) is 2. The van der Waals surface area contributed by atoms with Crippen molar-refractivity contribution in [2.24, 2.45) is 4.99 Å². The smallest absolute Gasteiger partial charge is 0.416 e. The standard InChI is InChI=1S/C15H19ClF3N3O3/c1-3-25-14(23)13(20-7-4-8-24-2)22-21-12-9-10(15(17,18)19)5-6-11(12)16/h5-6,9,21H,3-4,7-8H2,1-2H3,(H,20,22). The van der Waals surface area contributed by atoms with Crippen LogP contribution in [0.15, 0.2) is 23.2 Å². The summed E-state index contributed by atoms with van der Waals surface area (Å²) in [7, 11) is 1.53. The minimum Gasteiger partial charge on any atom is -0.460 e. The molecule has 10 heteroatoms. The lowest BCUT2D eigenvalue weighted by Gasteiger charge is -2.14. The largest absolute Gasteiger partial charge is 0.460 e. The summed E-state index contributed by atoms with van der Waals surface area (Å²) in [6.07, 6.45) is -3.95. The zero-order chi connectivity index (χ0) is 18.9. The number of alkyl halides is 3. The molecule has 140 valence electrons. The highest BCUT2D eigenvalue weighted by molar-refractivity contribution is 6.36. The Hall–Kier alpha value is -2.00. The summed E-state index contributed by atoms with van der Waals surface area (Å²) in [5.41, 5.74) is 3.98. The van der Waals surface area contributed by atoms with Gasteiger partial charge in [0.2, 0.25) is 5.84 Å². The van der Waals surface area contributed by atoms with Crippen LogP contribution in [0.5, 0.6) is 0 Å². The molecule has 6 nitrogen and oxygen atoms in total. The van der Waals surface area contributed by atoms with Gasteiger partial charge in [-0.25, -0.2) is 4.79 Å². The number of hydrogen-bond donors (Lipinski definition) is 2. The second-order valence-electron chi connectivity index (χ2n) is 4.74. The molecule has 25 heavy (non-hydrogen) atoms. The summed E-state index contributed by atoms with van der Waals surface area (Å²) in [4.78, 5) is 15.9. The zero-order valence-electron chi connectivity index (χ0n) is 13.7. The first kappa shape index (κ1) is 21.0. The van der Waals surface area contributed by atoms with Crippen molar-refractivity contribution >= 4 is 29.1 Å². The van der Waals surface area contributed by atoms with Crippen molar-refractivity contribution in [3.8, 4) is 0 Å². The number of esters is 1. The summed E-state index contributed by atoms with van der Waals surface area (Å²) < 4.78 is 48.0. The average Bonchev–Trinajstić information content (AvgIpc) is 2.54. The minimum atomic E-state index is -4.51. The Balaban J connectivity index is 2.86. The summed E-state index contributed by atoms with van der Waals surface area (Å²) in [6.45, 7) is 2.47. The highest BCUT2D eigenvalue weighted by Crippen LogP contribution is 2.33. The fourth-order valence-electron chi connectivity index (χ4n) is 1.68. The molecular formula is C15H19ClF3N3O3. The number of carbonyl (C=O) groups excluding carboxylic acids is 1. The highest BCUT2D eigenvalue weighted by atomic mass is 35.5. The first-order chi connectivity index (χ1) is 11.8. The normalized spacial score (nSPS) is 12.0. The molecule has 0 spiro atoms. The lowest BCUT2D eigenvalue weighted by Crippen LogP contribution is -2.37. The molecule has 1 aromatic rings. The van der Waals surface area contributed by atoms with Crippen LogP contribution in [-0.4, -0.2) is 38.7 Å². The van der Waals surface area contributed by atoms with E-state index >= 15 is 0 Å². The maximum atomic E-state index is 12.8. The number of amidine groups is 1. The van der Waals surface area contributed by atoms with Crippen LogP contribution in [0.1, 0.15) is 18.9 Å². The van der Waals surface area contributed by atoms with Crippen molar-refractivity contribution < 1.29 is 27.4 Å². The van der Waals surface area contributed by atoms with E-state index in [0.29, 0.717) is 13.0 Å². The number of nitrogens with zero attached hydrogens (tertiary/aromatic N) is 1. The molecule has 0 radical (unpaired) electrons. The van der Waals surface area contributed by atoms with Gasteiger partial charge < -0.3 is 9.47 Å². The van der Waals surface area contributed by atoms with E-state index in [9.17, 15) is 18.0 Å². The van der Waals surface area contributed by atoms with Crippen LogP contribution in [-0.2, 0) is 20.4 Å². The van der Waals surface area contributed by atoms with Gasteiger partial charge in [0.15, 0.2) is 0 Å². The van der Waals surface area contributed by atoms with E-state index in [1.54, 1.807) is 6.92 Å². The van der Waals surface area contributed by atoms with Gasteiger partial charge in [-0.05, 0) is 31.5 Å². The van der Waals surface area contributed by atoms with Crippen LogP contribution in [0.4, 0.5) is 18.9 Å². The molecule has 0 aliphatic carbocycles. The predicted octanol–water partition coefficient (Wildman–Crippen LogP) is 3.27. The minimum absolute atomic E-state index is 0.0445. The number of anilines is 1. The Labute approximate surface area is 148 Å². The van der Waals surface area contributed by atoms with Gasteiger partial charge in [0.05, 0.1) is 22.9 Å². The number of carbonyl (C=O) groups is 1. The van der Waals surface area contributed by atoms with Crippen molar-refractivity contribution in [1.82, 2.24) is 5.43 Å². The van der Waals surface area contributed by atoms with E-state index in [1.165, 1.54) is 7.11 Å². The molecular weight excluding hydrogens is 363 g/mol. The molecule has 0 amide bonds. The van der Waals surface area contributed by atoms with Crippen molar-refractivity contribution in [1.29, 1.82) is 0 Å². The molecule has 1 rings (SSSR count). The van der Waals surface area contributed by atoms with Crippen molar-refractivity contribution in [2.45, 2.75) is 19.5 Å². The average molecular weight is 382 g/mol. The van der Waals surface area contributed by atoms with E-state index in [1.807, 2.05) is 0 Å². The molecule has 2 N–H and O–H groups in total. The van der Waals surface area contributed by atoms with Crippen LogP contribution >= 0.6 is 11.6 Å². The van der Waals surface area contributed by atoms with Crippen molar-refractivity contribution in [2.75, 3.05) is 32.3 Å². The molecule has 0 aliphatic heterocycles. The van der Waals surface area contributed by atoms with Gasteiger partial charge in [-0.3, -0.25) is 15.8 Å². The SMILES string of the molecule is CCOC(=O)C(=NCCCOC)NNc1cc(C(F)(F)F)ccc1Cl. The number of benzene rings is 1. The summed E-state index contributed by atoms with van der Waals surface area (Å²) in [5, 5.41) is 0.0445. The third kappa shape index (κ3) is 7.18. The summed E-state index contributed by atoms with van der Waals surface area (Å²) in [6, 6.07) is 2.79. The number of methoxy groups -OCH3 is 1. The lowest BCUT2D eigenvalue weighted by atomic mass is 10.2. The Bertz CT molecular complexity index is 609. The maximum absolute atomic E-state index is 12.8. The van der Waals surface area contributed by atoms with Gasteiger partial charge in [-0.1, -0.05) is 11.6 Å². The lowest BCUT2D eigenvalue weighted by molar-refractivity contribution is -0.137. The number of rotatable bonds is 7. The number of halogens is 4. The summed E-state index contributed by atoms with van der Waals surface area (Å²) in [5.74, 6) is -0.915. The maximum Gasteiger partial charge on any atom is 0.416 e. The van der Waals surface area contributed by atoms with Crippen molar-refractivity contribution in [3.63, 3.8) is 0 Å². The predicted molar refractivity (Wildman–Crippen MR) is 88.6 cm³/mol. The van der Waals surface area contributed by atoms with E-state index in [4.69, 9.17) is 21.1 Å². The number of nitrogens with one attached hydrogen (secondary N) is 2. The molecule has 0 atom stereocenters. The first-order valence-electron chi connectivity index (χ1n) is 7.38. The quantitative estimate of drug-likeness (QED) is 0.249. The Morgan fingerprint density at radius 3 is 2.68 bits per heavy atom. The van der Waals surface area contributed by atoms with Crippen LogP contribution in [0, 0.1) is 0 Å². The van der Waals surface area contributed by atoms with E-state index in [2.05, 4.69) is 15.8 Å². The van der Waals surface area contributed by atoms with E-state index in [-0.39, 0.29) is 29.7 Å². The van der Waals surface area contributed by atoms with Crippen molar-refractivity contribution in [3.05, 3.63) is 28.8 Å². The Morgan fingerprint density at radius 1 is 1.36 bits per heavy atom. The highest BCUT2D eigenvalue weighted by Gasteiger charge is 2.31. The molecule has 0 bridgehead atoms. The fourth-order valence-corrected chi connectivity index (χ4v) is 1.84. The first-order valence-corrected chi connectivity index (χ1v) is 7.76.